The quantitative estimate of drug-likeness (QED) is 0.331. The van der Waals surface area contributed by atoms with Crippen LogP contribution >= 0.6 is 0 Å². The van der Waals surface area contributed by atoms with Crippen molar-refractivity contribution in [1.29, 1.82) is 0 Å². The summed E-state index contributed by atoms with van der Waals surface area (Å²) < 4.78 is 62.4. The molecule has 3 aromatic rings. The van der Waals surface area contributed by atoms with Gasteiger partial charge >= 0.3 is 0 Å². The molecule has 3 fully saturated rings. The Morgan fingerprint density at radius 2 is 1.76 bits per heavy atom. The van der Waals surface area contributed by atoms with Gasteiger partial charge in [0.2, 0.25) is 11.8 Å². The van der Waals surface area contributed by atoms with Crippen LogP contribution in [0.15, 0.2) is 23.1 Å². The van der Waals surface area contributed by atoms with Gasteiger partial charge in [0.25, 0.3) is 11.8 Å². The molecule has 3 heterocycles. The maximum absolute atomic E-state index is 14.1. The van der Waals surface area contributed by atoms with Crippen molar-refractivity contribution in [2.45, 2.75) is 95.1 Å². The Kier molecular flexibility index (Phi) is 7.42. The largest absolute Gasteiger partial charge is 0.349 e. The Morgan fingerprint density at radius 1 is 1.02 bits per heavy atom. The molecule has 14 heteroatoms. The predicted molar refractivity (Wildman–Crippen MR) is 140 cm³/mol. The number of carbonyl (C=O) groups is 2. The van der Waals surface area contributed by atoms with Gasteiger partial charge in [0, 0.05) is 31.6 Å². The van der Waals surface area contributed by atoms with E-state index in [-0.39, 0.29) is 62.1 Å². The van der Waals surface area contributed by atoms with Gasteiger partial charge in [0.15, 0.2) is 11.3 Å². The minimum Gasteiger partial charge on any atom is -0.349 e. The molecule has 0 aliphatic heterocycles. The SMILES string of the molecule is Cc1nonc1C(=O)N[C@H](c1cn2ncc(C(NC(=O)CC3CCCC3(F)F)C3CC3)cc2n1)C1CCC(F)(F)CC1. The first-order valence-corrected chi connectivity index (χ1v) is 14.5. The lowest BCUT2D eigenvalue weighted by Gasteiger charge is -2.33. The second kappa shape index (κ2) is 10.9. The number of rotatable bonds is 9. The van der Waals surface area contributed by atoms with Crippen LogP contribution in [-0.4, -0.2) is 48.6 Å². The van der Waals surface area contributed by atoms with Gasteiger partial charge in [-0.25, -0.2) is 31.7 Å². The first-order valence-electron chi connectivity index (χ1n) is 14.5. The number of imidazole rings is 1. The van der Waals surface area contributed by atoms with Crippen LogP contribution in [0.2, 0.25) is 0 Å². The number of hydrogen-bond donors (Lipinski definition) is 2. The van der Waals surface area contributed by atoms with Crippen molar-refractivity contribution < 1.29 is 31.8 Å². The highest BCUT2D eigenvalue weighted by molar-refractivity contribution is 5.93. The Morgan fingerprint density at radius 3 is 2.40 bits per heavy atom. The lowest BCUT2D eigenvalue weighted by atomic mass is 9.81. The maximum Gasteiger partial charge on any atom is 0.276 e. The number of aryl methyl sites for hydroxylation is 1. The Hall–Kier alpha value is -3.58. The van der Waals surface area contributed by atoms with Gasteiger partial charge in [-0.05, 0) is 74.1 Å². The maximum atomic E-state index is 14.1. The highest BCUT2D eigenvalue weighted by atomic mass is 19.3. The third kappa shape index (κ3) is 5.98. The lowest BCUT2D eigenvalue weighted by molar-refractivity contribution is -0.126. The summed E-state index contributed by atoms with van der Waals surface area (Å²) >= 11 is 0. The first kappa shape index (κ1) is 28.5. The van der Waals surface area contributed by atoms with Gasteiger partial charge in [-0.15, -0.1) is 0 Å². The normalized spacial score (nSPS) is 23.5. The van der Waals surface area contributed by atoms with Gasteiger partial charge in [0.05, 0.1) is 30.2 Å². The molecule has 2 unspecified atom stereocenters. The summed E-state index contributed by atoms with van der Waals surface area (Å²) in [4.78, 5) is 30.6. The number of nitrogens with zero attached hydrogens (tertiary/aromatic N) is 5. The molecule has 2 amide bonds. The minimum atomic E-state index is -2.82. The molecule has 3 saturated carbocycles. The van der Waals surface area contributed by atoms with Gasteiger partial charge in [-0.3, -0.25) is 9.59 Å². The molecule has 3 aromatic heterocycles. The summed E-state index contributed by atoms with van der Waals surface area (Å²) in [6.07, 6.45) is 5.20. The number of hydrogen-bond acceptors (Lipinski definition) is 7. The fraction of sp³-hybridized carbons (Fsp3) is 0.643. The molecule has 2 N–H and O–H groups in total. The fourth-order valence-corrected chi connectivity index (χ4v) is 6.32. The fourth-order valence-electron chi connectivity index (χ4n) is 6.32. The first-order chi connectivity index (χ1) is 20.0. The van der Waals surface area contributed by atoms with Crippen LogP contribution in [0.3, 0.4) is 0 Å². The molecule has 10 nitrogen and oxygen atoms in total. The van der Waals surface area contributed by atoms with Crippen molar-refractivity contribution in [1.82, 2.24) is 35.5 Å². The van der Waals surface area contributed by atoms with E-state index >= 15 is 0 Å². The van der Waals surface area contributed by atoms with Crippen LogP contribution in [0, 0.1) is 24.7 Å². The Labute approximate surface area is 239 Å². The number of nitrogens with one attached hydrogen (secondary N) is 2. The third-order valence-electron chi connectivity index (χ3n) is 8.93. The highest BCUT2D eigenvalue weighted by Crippen LogP contribution is 2.44. The summed E-state index contributed by atoms with van der Waals surface area (Å²) in [5, 5.41) is 17.6. The molecule has 0 aromatic carbocycles. The van der Waals surface area contributed by atoms with E-state index in [4.69, 9.17) is 4.98 Å². The summed E-state index contributed by atoms with van der Waals surface area (Å²) in [5.74, 6) is -7.59. The third-order valence-corrected chi connectivity index (χ3v) is 8.93. The van der Waals surface area contributed by atoms with Crippen LogP contribution < -0.4 is 10.6 Å². The molecule has 3 aliphatic carbocycles. The minimum absolute atomic E-state index is 0.00342. The van der Waals surface area contributed by atoms with Gasteiger partial charge in [0.1, 0.15) is 5.69 Å². The van der Waals surface area contributed by atoms with Crippen LogP contribution in [0.4, 0.5) is 17.6 Å². The number of alkyl halides is 4. The van der Waals surface area contributed by atoms with E-state index < -0.39 is 35.6 Å². The Balaban J connectivity index is 1.24. The van der Waals surface area contributed by atoms with Gasteiger partial charge in [-0.2, -0.15) is 5.10 Å². The number of aromatic nitrogens is 5. The smallest absolute Gasteiger partial charge is 0.276 e. The molecule has 6 rings (SSSR count). The summed E-state index contributed by atoms with van der Waals surface area (Å²) in [6.45, 7) is 1.58. The highest BCUT2D eigenvalue weighted by Gasteiger charge is 2.45. The molecule has 0 spiro atoms. The van der Waals surface area contributed by atoms with E-state index in [1.54, 1.807) is 25.4 Å². The second-order valence-corrected chi connectivity index (χ2v) is 12.0. The monoisotopic (exact) mass is 591 g/mol. The zero-order valence-corrected chi connectivity index (χ0v) is 23.2. The lowest BCUT2D eigenvalue weighted by Crippen LogP contribution is -2.37. The average molecular weight is 592 g/mol. The predicted octanol–water partition coefficient (Wildman–Crippen LogP) is 5.11. The van der Waals surface area contributed by atoms with E-state index in [2.05, 4.69) is 30.7 Å². The molecule has 42 heavy (non-hydrogen) atoms. The standard InChI is InChI=1S/C28H33F4N7O3/c1-15-23(38-42-37-15)26(41)36-25(17-6-9-27(29,30)10-7-17)20-14-39-21(34-20)11-18(13-33-39)24(16-4-5-16)35-22(40)12-19-3-2-8-28(19,31)32/h11,13-14,16-17,19,24-25H,2-10,12H2,1H3,(H,35,40)(H,36,41)/t19?,24?,25-/m0/s1. The van der Waals surface area contributed by atoms with Crippen molar-refractivity contribution in [2.24, 2.45) is 17.8 Å². The molecule has 3 atom stereocenters. The summed E-state index contributed by atoms with van der Waals surface area (Å²) in [6, 6.07) is 0.703. The molecule has 0 bridgehead atoms. The molecular formula is C28H33F4N7O3. The summed E-state index contributed by atoms with van der Waals surface area (Å²) in [5.41, 5.74) is 1.91. The average Bonchev–Trinajstić information content (AvgIpc) is 3.39. The van der Waals surface area contributed by atoms with Gasteiger partial charge in [-0.1, -0.05) is 5.16 Å². The number of amides is 2. The second-order valence-electron chi connectivity index (χ2n) is 12.0. The van der Waals surface area contributed by atoms with Crippen LogP contribution in [0.1, 0.15) is 104 Å². The van der Waals surface area contributed by atoms with E-state index in [9.17, 15) is 27.2 Å². The number of halogens is 4. The van der Waals surface area contributed by atoms with Crippen molar-refractivity contribution in [3.8, 4) is 0 Å². The summed E-state index contributed by atoms with van der Waals surface area (Å²) in [7, 11) is 0. The van der Waals surface area contributed by atoms with Crippen LogP contribution in [0.25, 0.3) is 5.65 Å². The van der Waals surface area contributed by atoms with Crippen molar-refractivity contribution in [3.63, 3.8) is 0 Å². The molecular weight excluding hydrogens is 558 g/mol. The topological polar surface area (TPSA) is 127 Å². The van der Waals surface area contributed by atoms with Crippen molar-refractivity contribution in [2.75, 3.05) is 0 Å². The van der Waals surface area contributed by atoms with Crippen LogP contribution in [-0.2, 0) is 4.79 Å². The zero-order chi connectivity index (χ0) is 29.6. The molecule has 0 saturated heterocycles. The number of fused-ring (bicyclic) bond motifs is 1. The van der Waals surface area contributed by atoms with E-state index in [1.165, 1.54) is 4.52 Å². The van der Waals surface area contributed by atoms with Crippen molar-refractivity contribution in [3.05, 3.63) is 41.1 Å². The van der Waals surface area contributed by atoms with Crippen molar-refractivity contribution >= 4 is 17.5 Å². The van der Waals surface area contributed by atoms with Gasteiger partial charge < -0.3 is 10.6 Å². The van der Waals surface area contributed by atoms with E-state index in [0.717, 1.165) is 12.8 Å². The zero-order valence-electron chi connectivity index (χ0n) is 23.2. The Bertz CT molecular complexity index is 1460. The van der Waals surface area contributed by atoms with E-state index in [1.807, 2.05) is 0 Å². The van der Waals surface area contributed by atoms with E-state index in [0.29, 0.717) is 35.4 Å². The molecule has 3 aliphatic rings. The molecule has 0 radical (unpaired) electrons. The number of carbonyl (C=O) groups excluding carboxylic acids is 2. The molecule has 226 valence electrons. The van der Waals surface area contributed by atoms with Crippen LogP contribution in [0.5, 0.6) is 0 Å².